The molecule has 3 heteroatoms. The van der Waals surface area contributed by atoms with E-state index in [4.69, 9.17) is 0 Å². The lowest BCUT2D eigenvalue weighted by Gasteiger charge is -2.01. The number of nitrogens with zero attached hydrogens (tertiary/aromatic N) is 2. The Morgan fingerprint density at radius 1 is 1.60 bits per heavy atom. The van der Waals surface area contributed by atoms with Gasteiger partial charge in [0.2, 0.25) is 0 Å². The summed E-state index contributed by atoms with van der Waals surface area (Å²) in [4.78, 5) is 7.87. The molecule has 0 saturated heterocycles. The Kier molecular flexibility index (Phi) is 4.20. The van der Waals surface area contributed by atoms with Gasteiger partial charge in [-0.1, -0.05) is 6.58 Å². The third kappa shape index (κ3) is 2.44. The summed E-state index contributed by atoms with van der Waals surface area (Å²) in [7, 11) is 3.49. The fourth-order valence-corrected chi connectivity index (χ4v) is 0.602. The van der Waals surface area contributed by atoms with Crippen LogP contribution < -0.4 is 5.32 Å². The summed E-state index contributed by atoms with van der Waals surface area (Å²) in [6.07, 6.45) is 1.69. The molecule has 0 spiro atoms. The van der Waals surface area contributed by atoms with Gasteiger partial charge in [-0.3, -0.25) is 9.98 Å². The predicted octanol–water partition coefficient (Wildman–Crippen LogP) is 0.839. The monoisotopic (exact) mass is 139 g/mol. The lowest BCUT2D eigenvalue weighted by atomic mass is 10.4. The van der Waals surface area contributed by atoms with E-state index < -0.39 is 0 Å². The van der Waals surface area contributed by atoms with Gasteiger partial charge in [0, 0.05) is 20.3 Å². The van der Waals surface area contributed by atoms with Crippen LogP contribution in [-0.2, 0) is 0 Å². The molecule has 0 saturated carbocycles. The molecule has 0 amide bonds. The number of rotatable bonds is 2. The van der Waals surface area contributed by atoms with Gasteiger partial charge in [0.15, 0.2) is 0 Å². The quantitative estimate of drug-likeness (QED) is 0.446. The van der Waals surface area contributed by atoms with Gasteiger partial charge in [-0.05, 0) is 6.92 Å². The molecule has 0 atom stereocenters. The van der Waals surface area contributed by atoms with Gasteiger partial charge >= 0.3 is 0 Å². The first-order valence-electron chi connectivity index (χ1n) is 3.08. The minimum absolute atomic E-state index is 0.660. The second kappa shape index (κ2) is 4.73. The molecule has 56 valence electrons. The van der Waals surface area contributed by atoms with Crippen LogP contribution in [0, 0.1) is 0 Å². The number of aliphatic imine (C=N–C) groups is 2. The van der Waals surface area contributed by atoms with Crippen molar-refractivity contribution in [2.75, 3.05) is 14.1 Å². The molecule has 0 fully saturated rings. The zero-order valence-electron chi connectivity index (χ0n) is 6.68. The maximum Gasteiger partial charge on any atom is 0.146 e. The van der Waals surface area contributed by atoms with Gasteiger partial charge < -0.3 is 5.32 Å². The van der Waals surface area contributed by atoms with Crippen molar-refractivity contribution in [3.63, 3.8) is 0 Å². The molecule has 1 N–H and O–H groups in total. The minimum Gasteiger partial charge on any atom is -0.372 e. The first kappa shape index (κ1) is 8.88. The zero-order chi connectivity index (χ0) is 7.98. The molecular formula is C7H13N3. The van der Waals surface area contributed by atoms with Gasteiger partial charge in [0.25, 0.3) is 0 Å². The highest BCUT2D eigenvalue weighted by atomic mass is 15.0. The van der Waals surface area contributed by atoms with Crippen LogP contribution in [0.15, 0.2) is 22.3 Å². The van der Waals surface area contributed by atoms with Crippen LogP contribution >= 0.6 is 0 Å². The lowest BCUT2D eigenvalue weighted by molar-refractivity contribution is 1.13. The van der Waals surface area contributed by atoms with E-state index in [0.717, 1.165) is 5.84 Å². The van der Waals surface area contributed by atoms with Crippen molar-refractivity contribution in [1.82, 2.24) is 5.32 Å². The molecule has 0 aliphatic carbocycles. The fraction of sp³-hybridized carbons (Fsp3) is 0.429. The predicted molar refractivity (Wildman–Crippen MR) is 45.7 cm³/mol. The molecule has 0 aliphatic rings. The largest absolute Gasteiger partial charge is 0.372 e. The van der Waals surface area contributed by atoms with Crippen LogP contribution in [0.1, 0.15) is 6.92 Å². The molecule has 0 heterocycles. The summed E-state index contributed by atoms with van der Waals surface area (Å²) < 4.78 is 0. The number of hydrogen-bond acceptors (Lipinski definition) is 2. The summed E-state index contributed by atoms with van der Waals surface area (Å²) in [6.45, 7) is 5.54. The van der Waals surface area contributed by atoms with Crippen molar-refractivity contribution >= 4 is 12.1 Å². The number of hydrogen-bond donors (Lipinski definition) is 1. The minimum atomic E-state index is 0.660. The zero-order valence-corrected chi connectivity index (χ0v) is 6.68. The van der Waals surface area contributed by atoms with Crippen LogP contribution in [0.3, 0.4) is 0 Å². The second-order valence-electron chi connectivity index (χ2n) is 1.66. The maximum absolute atomic E-state index is 3.95. The van der Waals surface area contributed by atoms with Crippen LogP contribution in [0.5, 0.6) is 0 Å². The molecule has 0 radical (unpaired) electrons. The van der Waals surface area contributed by atoms with Crippen molar-refractivity contribution in [2.24, 2.45) is 9.98 Å². The van der Waals surface area contributed by atoms with Gasteiger partial charge in [-0.2, -0.15) is 0 Å². The standard InChI is InChI=1S/C7H13N3/c1-5-10-6(2)7(8-3)9-4/h5H,2H2,1,3-4H3,(H,8,9). The Hall–Kier alpha value is -1.12. The normalized spacial score (nSPS) is 12.1. The smallest absolute Gasteiger partial charge is 0.146 e. The third-order valence-corrected chi connectivity index (χ3v) is 1.02. The van der Waals surface area contributed by atoms with Gasteiger partial charge in [-0.25, -0.2) is 0 Å². The molecule has 0 aliphatic heterocycles. The van der Waals surface area contributed by atoms with E-state index in [-0.39, 0.29) is 0 Å². The number of amidine groups is 1. The summed E-state index contributed by atoms with van der Waals surface area (Å²) in [5.74, 6) is 0.720. The molecule has 10 heavy (non-hydrogen) atoms. The third-order valence-electron chi connectivity index (χ3n) is 1.02. The molecule has 0 rings (SSSR count). The van der Waals surface area contributed by atoms with E-state index in [1.807, 2.05) is 6.92 Å². The second-order valence-corrected chi connectivity index (χ2v) is 1.66. The Labute approximate surface area is 61.6 Å². The molecule has 0 unspecified atom stereocenters. The average Bonchev–Trinajstić information content (AvgIpc) is 1.91. The van der Waals surface area contributed by atoms with E-state index in [0.29, 0.717) is 5.70 Å². The Morgan fingerprint density at radius 3 is 2.50 bits per heavy atom. The van der Waals surface area contributed by atoms with Crippen molar-refractivity contribution in [3.05, 3.63) is 12.3 Å². The van der Waals surface area contributed by atoms with Crippen molar-refractivity contribution in [1.29, 1.82) is 0 Å². The Morgan fingerprint density at radius 2 is 2.20 bits per heavy atom. The SMILES string of the molecule is C=C(N=CC)C(=NC)NC. The summed E-state index contributed by atoms with van der Waals surface area (Å²) in [5.41, 5.74) is 0.660. The number of likely N-dealkylation sites (N-methyl/N-ethyl adjacent to an activating group) is 1. The molecular weight excluding hydrogens is 126 g/mol. The molecule has 0 bridgehead atoms. The highest BCUT2D eigenvalue weighted by molar-refractivity contribution is 5.98. The van der Waals surface area contributed by atoms with E-state index in [1.54, 1.807) is 20.3 Å². The summed E-state index contributed by atoms with van der Waals surface area (Å²) in [5, 5.41) is 2.87. The van der Waals surface area contributed by atoms with Crippen molar-refractivity contribution in [3.8, 4) is 0 Å². The highest BCUT2D eigenvalue weighted by Gasteiger charge is 1.95. The first-order valence-corrected chi connectivity index (χ1v) is 3.08. The Balaban J connectivity index is 4.18. The van der Waals surface area contributed by atoms with Crippen LogP contribution in [0.25, 0.3) is 0 Å². The maximum atomic E-state index is 3.95. The lowest BCUT2D eigenvalue weighted by Crippen LogP contribution is -2.19. The van der Waals surface area contributed by atoms with E-state index in [9.17, 15) is 0 Å². The van der Waals surface area contributed by atoms with Gasteiger partial charge in [-0.15, -0.1) is 0 Å². The molecule has 0 aromatic rings. The average molecular weight is 139 g/mol. The van der Waals surface area contributed by atoms with Crippen molar-refractivity contribution in [2.45, 2.75) is 6.92 Å². The van der Waals surface area contributed by atoms with E-state index in [2.05, 4.69) is 21.9 Å². The van der Waals surface area contributed by atoms with Crippen LogP contribution in [0.4, 0.5) is 0 Å². The summed E-state index contributed by atoms with van der Waals surface area (Å²) >= 11 is 0. The topological polar surface area (TPSA) is 36.8 Å². The van der Waals surface area contributed by atoms with Crippen LogP contribution in [-0.4, -0.2) is 26.1 Å². The van der Waals surface area contributed by atoms with Gasteiger partial charge in [0.05, 0.1) is 5.70 Å². The van der Waals surface area contributed by atoms with Crippen LogP contribution in [0.2, 0.25) is 0 Å². The fourth-order valence-electron chi connectivity index (χ4n) is 0.602. The van der Waals surface area contributed by atoms with Gasteiger partial charge in [0.1, 0.15) is 5.84 Å². The first-order chi connectivity index (χ1) is 4.76. The Bertz CT molecular complexity index is 168. The molecule has 0 aromatic carbocycles. The number of nitrogens with one attached hydrogen (secondary N) is 1. The highest BCUT2D eigenvalue weighted by Crippen LogP contribution is 1.91. The van der Waals surface area contributed by atoms with E-state index in [1.165, 1.54) is 0 Å². The molecule has 3 nitrogen and oxygen atoms in total. The molecule has 0 aromatic heterocycles. The summed E-state index contributed by atoms with van der Waals surface area (Å²) in [6, 6.07) is 0. The van der Waals surface area contributed by atoms with Crippen molar-refractivity contribution < 1.29 is 0 Å². The van der Waals surface area contributed by atoms with E-state index >= 15 is 0 Å².